The van der Waals surface area contributed by atoms with Gasteiger partial charge >= 0.3 is 6.18 Å². The highest BCUT2D eigenvalue weighted by atomic mass is 19.4. The summed E-state index contributed by atoms with van der Waals surface area (Å²) in [6.07, 6.45) is -3.11. The Balaban J connectivity index is 2.00. The summed E-state index contributed by atoms with van der Waals surface area (Å²) in [6.45, 7) is 3.29. The van der Waals surface area contributed by atoms with Crippen LogP contribution in [0.25, 0.3) is 0 Å². The molecule has 0 aliphatic heterocycles. The fraction of sp³-hybridized carbons (Fsp3) is 0.308. The van der Waals surface area contributed by atoms with Crippen LogP contribution in [0.1, 0.15) is 33.3 Å². The number of hydrogen-bond donors (Lipinski definition) is 1. The van der Waals surface area contributed by atoms with Crippen LogP contribution < -0.4 is 5.32 Å². The molecular formula is C13H12F3N3O2. The Labute approximate surface area is 118 Å². The summed E-state index contributed by atoms with van der Waals surface area (Å²) in [4.78, 5) is 19.0. The first-order valence-electron chi connectivity index (χ1n) is 6.00. The van der Waals surface area contributed by atoms with Crippen LogP contribution in [0.5, 0.6) is 0 Å². The van der Waals surface area contributed by atoms with Crippen molar-refractivity contribution in [2.75, 3.05) is 0 Å². The van der Waals surface area contributed by atoms with Crippen molar-refractivity contribution in [1.29, 1.82) is 0 Å². The van der Waals surface area contributed by atoms with E-state index in [9.17, 15) is 18.0 Å². The van der Waals surface area contributed by atoms with Gasteiger partial charge in [-0.25, -0.2) is 9.97 Å². The SMILES string of the molecule is Cc1cc(C(=O)NCc2ncc(C(F)(F)F)cn2)c(C)o1. The van der Waals surface area contributed by atoms with Crippen LogP contribution in [0, 0.1) is 13.8 Å². The molecule has 0 bridgehead atoms. The highest BCUT2D eigenvalue weighted by Crippen LogP contribution is 2.27. The molecule has 0 fully saturated rings. The fourth-order valence-electron chi connectivity index (χ4n) is 1.70. The zero-order valence-electron chi connectivity index (χ0n) is 11.3. The van der Waals surface area contributed by atoms with Crippen LogP contribution in [-0.2, 0) is 12.7 Å². The maximum atomic E-state index is 12.3. The predicted octanol–water partition coefficient (Wildman–Crippen LogP) is 2.64. The summed E-state index contributed by atoms with van der Waals surface area (Å²) in [5.41, 5.74) is -0.557. The van der Waals surface area contributed by atoms with Crippen molar-refractivity contribution in [2.45, 2.75) is 26.6 Å². The smallest absolute Gasteiger partial charge is 0.419 e. The molecule has 8 heteroatoms. The molecule has 0 aliphatic carbocycles. The number of carbonyl (C=O) groups excluding carboxylic acids is 1. The summed E-state index contributed by atoms with van der Waals surface area (Å²) in [6, 6.07) is 1.58. The maximum Gasteiger partial charge on any atom is 0.419 e. The number of amides is 1. The second-order valence-electron chi connectivity index (χ2n) is 4.40. The van der Waals surface area contributed by atoms with Crippen LogP contribution in [0.3, 0.4) is 0 Å². The molecule has 0 radical (unpaired) electrons. The third-order valence-electron chi connectivity index (χ3n) is 2.73. The number of halogens is 3. The van der Waals surface area contributed by atoms with Gasteiger partial charge in [-0.3, -0.25) is 4.79 Å². The van der Waals surface area contributed by atoms with Gasteiger partial charge in [0.2, 0.25) is 0 Å². The molecule has 0 atom stereocenters. The molecule has 2 heterocycles. The third kappa shape index (κ3) is 3.59. The minimum atomic E-state index is -4.48. The number of aromatic nitrogens is 2. The quantitative estimate of drug-likeness (QED) is 0.946. The molecule has 0 unspecified atom stereocenters. The van der Waals surface area contributed by atoms with E-state index in [-0.39, 0.29) is 12.4 Å². The lowest BCUT2D eigenvalue weighted by molar-refractivity contribution is -0.138. The minimum Gasteiger partial charge on any atom is -0.466 e. The van der Waals surface area contributed by atoms with E-state index in [2.05, 4.69) is 15.3 Å². The molecule has 2 rings (SSSR count). The number of nitrogens with zero attached hydrogens (tertiary/aromatic N) is 2. The van der Waals surface area contributed by atoms with Crippen LogP contribution in [-0.4, -0.2) is 15.9 Å². The topological polar surface area (TPSA) is 68.0 Å². The molecule has 1 N–H and O–H groups in total. The van der Waals surface area contributed by atoms with Gasteiger partial charge in [-0.2, -0.15) is 13.2 Å². The van der Waals surface area contributed by atoms with E-state index in [1.807, 2.05) is 0 Å². The van der Waals surface area contributed by atoms with Crippen molar-refractivity contribution in [3.8, 4) is 0 Å². The summed E-state index contributed by atoms with van der Waals surface area (Å²) >= 11 is 0. The molecule has 0 spiro atoms. The first kappa shape index (κ1) is 15.0. The Morgan fingerprint density at radius 2 is 1.90 bits per heavy atom. The lowest BCUT2D eigenvalue weighted by atomic mass is 10.2. The highest BCUT2D eigenvalue weighted by Gasteiger charge is 2.31. The molecule has 0 aliphatic rings. The average Bonchev–Trinajstić information content (AvgIpc) is 2.74. The van der Waals surface area contributed by atoms with Gasteiger partial charge in [0.25, 0.3) is 5.91 Å². The maximum absolute atomic E-state index is 12.3. The van der Waals surface area contributed by atoms with Gasteiger partial charge in [0.1, 0.15) is 17.3 Å². The number of nitrogens with one attached hydrogen (secondary N) is 1. The summed E-state index contributed by atoms with van der Waals surface area (Å²) in [5.74, 6) is 0.767. The number of hydrogen-bond acceptors (Lipinski definition) is 4. The Morgan fingerprint density at radius 1 is 1.29 bits per heavy atom. The van der Waals surface area contributed by atoms with Gasteiger partial charge in [-0.1, -0.05) is 0 Å². The Morgan fingerprint density at radius 3 is 2.38 bits per heavy atom. The van der Waals surface area contributed by atoms with Crippen molar-refractivity contribution >= 4 is 5.91 Å². The molecular weight excluding hydrogens is 287 g/mol. The Hall–Kier alpha value is -2.38. The van der Waals surface area contributed by atoms with Crippen LogP contribution in [0.2, 0.25) is 0 Å². The second kappa shape index (κ2) is 5.55. The van der Waals surface area contributed by atoms with Gasteiger partial charge in [0.15, 0.2) is 0 Å². The number of rotatable bonds is 3. The highest BCUT2D eigenvalue weighted by molar-refractivity contribution is 5.95. The van der Waals surface area contributed by atoms with Crippen LogP contribution >= 0.6 is 0 Å². The molecule has 0 saturated heterocycles. The monoisotopic (exact) mass is 299 g/mol. The third-order valence-corrected chi connectivity index (χ3v) is 2.73. The molecule has 0 aromatic carbocycles. The van der Waals surface area contributed by atoms with Crippen molar-refractivity contribution in [2.24, 2.45) is 0 Å². The normalized spacial score (nSPS) is 11.5. The second-order valence-corrected chi connectivity index (χ2v) is 4.40. The fourth-order valence-corrected chi connectivity index (χ4v) is 1.70. The largest absolute Gasteiger partial charge is 0.466 e. The molecule has 21 heavy (non-hydrogen) atoms. The summed E-state index contributed by atoms with van der Waals surface area (Å²) in [5, 5.41) is 2.52. The van der Waals surface area contributed by atoms with Crippen LogP contribution in [0.4, 0.5) is 13.2 Å². The number of aryl methyl sites for hydroxylation is 2. The van der Waals surface area contributed by atoms with Gasteiger partial charge in [0, 0.05) is 12.4 Å². The molecule has 0 saturated carbocycles. The van der Waals surface area contributed by atoms with Gasteiger partial charge < -0.3 is 9.73 Å². The first-order chi connectivity index (χ1) is 9.77. The Kier molecular flexibility index (Phi) is 3.97. The lowest BCUT2D eigenvalue weighted by Crippen LogP contribution is -2.24. The first-order valence-corrected chi connectivity index (χ1v) is 6.00. The standard InChI is InChI=1S/C13H12F3N3O2/c1-7-3-10(8(2)21-7)12(20)19-6-11-17-4-9(5-18-11)13(14,15)16/h3-5H,6H2,1-2H3,(H,19,20). The zero-order valence-corrected chi connectivity index (χ0v) is 11.3. The number of carbonyl (C=O) groups is 1. The van der Waals surface area contributed by atoms with Gasteiger partial charge in [-0.15, -0.1) is 0 Å². The van der Waals surface area contributed by atoms with E-state index >= 15 is 0 Å². The number of furan rings is 1. The molecule has 2 aromatic rings. The molecule has 112 valence electrons. The molecule has 5 nitrogen and oxygen atoms in total. The molecule has 2 aromatic heterocycles. The van der Waals surface area contributed by atoms with E-state index in [1.54, 1.807) is 19.9 Å². The van der Waals surface area contributed by atoms with Gasteiger partial charge in [0.05, 0.1) is 17.7 Å². The van der Waals surface area contributed by atoms with Crippen LogP contribution in [0.15, 0.2) is 22.9 Å². The Bertz CT molecular complexity index is 648. The van der Waals surface area contributed by atoms with Crippen molar-refractivity contribution in [3.05, 3.63) is 46.9 Å². The predicted molar refractivity (Wildman–Crippen MR) is 66.4 cm³/mol. The zero-order chi connectivity index (χ0) is 15.6. The average molecular weight is 299 g/mol. The van der Waals surface area contributed by atoms with Crippen molar-refractivity contribution in [3.63, 3.8) is 0 Å². The van der Waals surface area contributed by atoms with E-state index in [0.717, 1.165) is 0 Å². The van der Waals surface area contributed by atoms with E-state index < -0.39 is 17.6 Å². The number of alkyl halides is 3. The van der Waals surface area contributed by atoms with E-state index in [1.165, 1.54) is 0 Å². The molecule has 1 amide bonds. The van der Waals surface area contributed by atoms with Gasteiger partial charge in [-0.05, 0) is 19.9 Å². The van der Waals surface area contributed by atoms with Crippen molar-refractivity contribution < 1.29 is 22.4 Å². The van der Waals surface area contributed by atoms with E-state index in [0.29, 0.717) is 29.5 Å². The minimum absolute atomic E-state index is 0.0688. The van der Waals surface area contributed by atoms with E-state index in [4.69, 9.17) is 4.42 Å². The van der Waals surface area contributed by atoms with Crippen molar-refractivity contribution in [1.82, 2.24) is 15.3 Å². The summed E-state index contributed by atoms with van der Waals surface area (Å²) < 4.78 is 42.2. The lowest BCUT2D eigenvalue weighted by Gasteiger charge is -2.06. The summed E-state index contributed by atoms with van der Waals surface area (Å²) in [7, 11) is 0.